The zero-order chi connectivity index (χ0) is 16.4. The van der Waals surface area contributed by atoms with Gasteiger partial charge in [-0.15, -0.1) is 0 Å². The second-order valence-electron chi connectivity index (χ2n) is 6.42. The van der Waals surface area contributed by atoms with Gasteiger partial charge < -0.3 is 15.4 Å². The normalized spacial score (nSPS) is 20.7. The van der Waals surface area contributed by atoms with Crippen molar-refractivity contribution >= 4 is 22.8 Å². The molecule has 1 amide bonds. The van der Waals surface area contributed by atoms with Crippen LogP contribution in [-0.2, 0) is 16.0 Å². The van der Waals surface area contributed by atoms with Crippen LogP contribution in [0.15, 0.2) is 24.4 Å². The summed E-state index contributed by atoms with van der Waals surface area (Å²) in [6, 6.07) is 6.17. The third-order valence-corrected chi connectivity index (χ3v) is 4.78. The minimum atomic E-state index is -0.754. The van der Waals surface area contributed by atoms with E-state index in [-0.39, 0.29) is 17.9 Å². The fraction of sp³-hybridized carbons (Fsp3) is 0.444. The monoisotopic (exact) mass is 314 g/mol. The average molecular weight is 314 g/mol. The number of rotatable bonds is 5. The Kier molecular flexibility index (Phi) is 4.37. The zero-order valence-electron chi connectivity index (χ0n) is 13.3. The highest BCUT2D eigenvalue weighted by molar-refractivity contribution is 5.86. The van der Waals surface area contributed by atoms with Gasteiger partial charge in [0.15, 0.2) is 0 Å². The summed E-state index contributed by atoms with van der Waals surface area (Å²) in [6.07, 6.45) is 5.05. The van der Waals surface area contributed by atoms with Crippen LogP contribution < -0.4 is 5.32 Å². The zero-order valence-corrected chi connectivity index (χ0v) is 13.3. The maximum atomic E-state index is 12.1. The van der Waals surface area contributed by atoms with Crippen LogP contribution in [0, 0.1) is 12.8 Å². The smallest absolute Gasteiger partial charge is 0.306 e. The topological polar surface area (TPSA) is 82.2 Å². The predicted molar refractivity (Wildman–Crippen MR) is 88.3 cm³/mol. The number of carboxylic acid groups (broad SMARTS) is 1. The lowest BCUT2D eigenvalue weighted by Crippen LogP contribution is -2.33. The maximum absolute atomic E-state index is 12.1. The molecule has 3 rings (SSSR count). The number of aromatic nitrogens is 1. The van der Waals surface area contributed by atoms with Crippen molar-refractivity contribution in [3.63, 3.8) is 0 Å². The number of carbonyl (C=O) groups excluding carboxylic acids is 1. The molecule has 2 atom stereocenters. The Labute approximate surface area is 135 Å². The first-order valence-electron chi connectivity index (χ1n) is 8.12. The second kappa shape index (κ2) is 6.44. The lowest BCUT2D eigenvalue weighted by atomic mass is 10.1. The van der Waals surface area contributed by atoms with Gasteiger partial charge in [-0.05, 0) is 43.7 Å². The average Bonchev–Trinajstić information content (AvgIpc) is 3.13. The largest absolute Gasteiger partial charge is 0.481 e. The number of aromatic amines is 1. The van der Waals surface area contributed by atoms with Gasteiger partial charge in [-0.3, -0.25) is 9.59 Å². The van der Waals surface area contributed by atoms with Gasteiger partial charge >= 0.3 is 5.97 Å². The summed E-state index contributed by atoms with van der Waals surface area (Å²) >= 11 is 0. The molecule has 1 aliphatic rings. The molecule has 0 unspecified atom stereocenters. The SMILES string of the molecule is Cc1cccc2c(CCC(=O)N[C@H]3CC[C@@H](C(=O)O)C3)c[nH]c12. The van der Waals surface area contributed by atoms with Crippen molar-refractivity contribution in [1.82, 2.24) is 10.3 Å². The van der Waals surface area contributed by atoms with E-state index in [9.17, 15) is 9.59 Å². The molecule has 2 aromatic rings. The molecule has 0 radical (unpaired) electrons. The minimum Gasteiger partial charge on any atom is -0.481 e. The first-order valence-corrected chi connectivity index (χ1v) is 8.12. The number of para-hydroxylation sites is 1. The van der Waals surface area contributed by atoms with Crippen molar-refractivity contribution < 1.29 is 14.7 Å². The highest BCUT2D eigenvalue weighted by Crippen LogP contribution is 2.26. The number of nitrogens with one attached hydrogen (secondary N) is 2. The van der Waals surface area contributed by atoms with Gasteiger partial charge in [0.2, 0.25) is 5.91 Å². The first-order chi connectivity index (χ1) is 11.0. The summed E-state index contributed by atoms with van der Waals surface area (Å²) < 4.78 is 0. The van der Waals surface area contributed by atoms with Crippen molar-refractivity contribution in [3.05, 3.63) is 35.5 Å². The van der Waals surface area contributed by atoms with Crippen LogP contribution in [0.4, 0.5) is 0 Å². The van der Waals surface area contributed by atoms with E-state index in [0.29, 0.717) is 25.7 Å². The van der Waals surface area contributed by atoms with Crippen LogP contribution in [0.3, 0.4) is 0 Å². The van der Waals surface area contributed by atoms with E-state index in [2.05, 4.69) is 29.4 Å². The van der Waals surface area contributed by atoms with E-state index in [1.165, 1.54) is 10.9 Å². The number of carbonyl (C=O) groups is 2. The lowest BCUT2D eigenvalue weighted by molar-refractivity contribution is -0.141. The van der Waals surface area contributed by atoms with Crippen LogP contribution in [0.5, 0.6) is 0 Å². The molecule has 1 fully saturated rings. The van der Waals surface area contributed by atoms with Gasteiger partial charge in [-0.1, -0.05) is 18.2 Å². The fourth-order valence-electron chi connectivity index (χ4n) is 3.46. The number of hydrogen-bond donors (Lipinski definition) is 3. The molecular formula is C18H22N2O3. The first kappa shape index (κ1) is 15.6. The Bertz CT molecular complexity index is 735. The molecule has 0 bridgehead atoms. The quantitative estimate of drug-likeness (QED) is 0.793. The highest BCUT2D eigenvalue weighted by Gasteiger charge is 2.30. The summed E-state index contributed by atoms with van der Waals surface area (Å²) in [4.78, 5) is 26.3. The van der Waals surface area contributed by atoms with Crippen molar-refractivity contribution in [1.29, 1.82) is 0 Å². The van der Waals surface area contributed by atoms with Gasteiger partial charge in [0.05, 0.1) is 5.92 Å². The number of aliphatic carboxylic acids is 1. The number of fused-ring (bicyclic) bond motifs is 1. The van der Waals surface area contributed by atoms with E-state index < -0.39 is 5.97 Å². The van der Waals surface area contributed by atoms with Crippen LogP contribution >= 0.6 is 0 Å². The maximum Gasteiger partial charge on any atom is 0.306 e. The molecule has 1 aromatic heterocycles. The number of benzene rings is 1. The van der Waals surface area contributed by atoms with Crippen molar-refractivity contribution in [2.24, 2.45) is 5.92 Å². The summed E-state index contributed by atoms with van der Waals surface area (Å²) in [7, 11) is 0. The third kappa shape index (κ3) is 3.38. The molecule has 1 aliphatic carbocycles. The number of aryl methyl sites for hydroxylation is 2. The number of amides is 1. The molecule has 1 saturated carbocycles. The number of hydrogen-bond acceptors (Lipinski definition) is 2. The van der Waals surface area contributed by atoms with Crippen LogP contribution in [0.1, 0.15) is 36.8 Å². The standard InChI is InChI=1S/C18H22N2O3/c1-11-3-2-4-15-13(10-19-17(11)15)6-8-16(21)20-14-7-5-12(9-14)18(22)23/h2-4,10,12,14,19H,5-9H2,1H3,(H,20,21)(H,22,23)/t12-,14+/m1/s1. The molecule has 1 heterocycles. The predicted octanol–water partition coefficient (Wildman–Crippen LogP) is 2.78. The molecule has 23 heavy (non-hydrogen) atoms. The van der Waals surface area contributed by atoms with E-state index in [1.807, 2.05) is 12.3 Å². The summed E-state index contributed by atoms with van der Waals surface area (Å²) in [5, 5.41) is 13.1. The third-order valence-electron chi connectivity index (χ3n) is 4.78. The summed E-state index contributed by atoms with van der Waals surface area (Å²) in [6.45, 7) is 2.06. The summed E-state index contributed by atoms with van der Waals surface area (Å²) in [5.74, 6) is -1.06. The van der Waals surface area contributed by atoms with Gasteiger partial charge in [0, 0.05) is 29.6 Å². The fourth-order valence-corrected chi connectivity index (χ4v) is 3.46. The van der Waals surface area contributed by atoms with Crippen LogP contribution in [0.25, 0.3) is 10.9 Å². The molecular weight excluding hydrogens is 292 g/mol. The Hall–Kier alpha value is -2.30. The molecule has 0 spiro atoms. The van der Waals surface area contributed by atoms with Crippen molar-refractivity contribution in [3.8, 4) is 0 Å². The highest BCUT2D eigenvalue weighted by atomic mass is 16.4. The van der Waals surface area contributed by atoms with Gasteiger partial charge in [-0.25, -0.2) is 0 Å². The Morgan fingerprint density at radius 3 is 2.91 bits per heavy atom. The molecule has 5 nitrogen and oxygen atoms in total. The van der Waals surface area contributed by atoms with E-state index >= 15 is 0 Å². The van der Waals surface area contributed by atoms with E-state index in [0.717, 1.165) is 17.5 Å². The molecule has 0 saturated heterocycles. The second-order valence-corrected chi connectivity index (χ2v) is 6.42. The number of carboxylic acids is 1. The summed E-state index contributed by atoms with van der Waals surface area (Å²) in [5.41, 5.74) is 3.47. The van der Waals surface area contributed by atoms with Gasteiger partial charge in [-0.2, -0.15) is 0 Å². The number of H-pyrrole nitrogens is 1. The van der Waals surface area contributed by atoms with Crippen molar-refractivity contribution in [2.45, 2.75) is 45.1 Å². The Balaban J connectivity index is 1.55. The molecule has 0 aliphatic heterocycles. The Morgan fingerprint density at radius 2 is 2.17 bits per heavy atom. The van der Waals surface area contributed by atoms with Crippen molar-refractivity contribution in [2.75, 3.05) is 0 Å². The lowest BCUT2D eigenvalue weighted by Gasteiger charge is -2.12. The molecule has 3 N–H and O–H groups in total. The minimum absolute atomic E-state index is 0.00282. The molecule has 1 aromatic carbocycles. The van der Waals surface area contributed by atoms with Crippen LogP contribution in [-0.4, -0.2) is 28.0 Å². The molecule has 5 heteroatoms. The molecule has 122 valence electrons. The van der Waals surface area contributed by atoms with E-state index in [4.69, 9.17) is 5.11 Å². The van der Waals surface area contributed by atoms with Gasteiger partial charge in [0.1, 0.15) is 0 Å². The van der Waals surface area contributed by atoms with Gasteiger partial charge in [0.25, 0.3) is 0 Å². The van der Waals surface area contributed by atoms with E-state index in [1.54, 1.807) is 0 Å². The van der Waals surface area contributed by atoms with Crippen LogP contribution in [0.2, 0.25) is 0 Å². The Morgan fingerprint density at radius 1 is 1.35 bits per heavy atom.